The van der Waals surface area contributed by atoms with Crippen molar-refractivity contribution in [1.29, 1.82) is 0 Å². The monoisotopic (exact) mass is 289 g/mol. The molecule has 1 heterocycles. The minimum absolute atomic E-state index is 0.0903. The normalized spacial score (nSPS) is 23.0. The molecule has 1 aromatic carbocycles. The van der Waals surface area contributed by atoms with Crippen LogP contribution in [0.25, 0.3) is 0 Å². The number of hydrogen-bond acceptors (Lipinski definition) is 3. The molecule has 2 aliphatic rings. The number of ether oxygens (including phenoxy) is 1. The molecule has 2 fully saturated rings. The number of carbonyl (C=O) groups is 1. The number of nitrogens with zero attached hydrogens (tertiary/aromatic N) is 1. The molecule has 1 saturated heterocycles. The summed E-state index contributed by atoms with van der Waals surface area (Å²) in [7, 11) is 0. The van der Waals surface area contributed by atoms with Crippen molar-refractivity contribution < 1.29 is 14.6 Å². The first-order chi connectivity index (χ1) is 10.2. The molecule has 1 aliphatic heterocycles. The molecule has 1 aliphatic carbocycles. The summed E-state index contributed by atoms with van der Waals surface area (Å²) in [6, 6.07) is 8.05. The van der Waals surface area contributed by atoms with Crippen LogP contribution in [0.3, 0.4) is 0 Å². The summed E-state index contributed by atoms with van der Waals surface area (Å²) in [5.74, 6) is 1.14. The van der Waals surface area contributed by atoms with Crippen LogP contribution >= 0.6 is 0 Å². The Bertz CT molecular complexity index is 497. The fourth-order valence-electron chi connectivity index (χ4n) is 3.27. The zero-order valence-electron chi connectivity index (χ0n) is 12.3. The molecule has 0 spiro atoms. The Morgan fingerprint density at radius 1 is 1.29 bits per heavy atom. The predicted octanol–water partition coefficient (Wildman–Crippen LogP) is 2.35. The van der Waals surface area contributed by atoms with Gasteiger partial charge in [0, 0.05) is 32.0 Å². The third-order valence-corrected chi connectivity index (χ3v) is 4.43. The van der Waals surface area contributed by atoms with Gasteiger partial charge in [-0.1, -0.05) is 12.1 Å². The van der Waals surface area contributed by atoms with Crippen molar-refractivity contribution in [2.24, 2.45) is 5.92 Å². The summed E-state index contributed by atoms with van der Waals surface area (Å²) >= 11 is 0. The van der Waals surface area contributed by atoms with Gasteiger partial charge in [0.15, 0.2) is 0 Å². The number of aliphatic hydroxyl groups excluding tert-OH is 1. The molecule has 1 saturated carbocycles. The van der Waals surface area contributed by atoms with E-state index < -0.39 is 0 Å². The van der Waals surface area contributed by atoms with Crippen molar-refractivity contribution in [1.82, 2.24) is 4.90 Å². The van der Waals surface area contributed by atoms with E-state index >= 15 is 0 Å². The van der Waals surface area contributed by atoms with Crippen LogP contribution in [0.4, 0.5) is 0 Å². The Balaban J connectivity index is 1.61. The summed E-state index contributed by atoms with van der Waals surface area (Å²) in [5, 5.41) is 9.17. The lowest BCUT2D eigenvalue weighted by molar-refractivity contribution is -0.128. The third-order valence-electron chi connectivity index (χ3n) is 4.43. The highest BCUT2D eigenvalue weighted by atomic mass is 16.5. The molecule has 1 aromatic rings. The molecule has 1 unspecified atom stereocenters. The average molecular weight is 289 g/mol. The average Bonchev–Trinajstić information content (AvgIpc) is 3.10. The van der Waals surface area contributed by atoms with Crippen molar-refractivity contribution >= 4 is 5.91 Å². The van der Waals surface area contributed by atoms with Crippen LogP contribution in [0, 0.1) is 5.92 Å². The number of likely N-dealkylation sites (tertiary alicyclic amines) is 1. The molecule has 1 amide bonds. The van der Waals surface area contributed by atoms with Crippen molar-refractivity contribution in [2.45, 2.75) is 44.8 Å². The van der Waals surface area contributed by atoms with E-state index in [1.54, 1.807) is 0 Å². The third kappa shape index (κ3) is 3.56. The van der Waals surface area contributed by atoms with Gasteiger partial charge >= 0.3 is 0 Å². The van der Waals surface area contributed by atoms with Crippen molar-refractivity contribution in [3.05, 3.63) is 29.8 Å². The number of aliphatic hydroxyl groups is 1. The molecule has 21 heavy (non-hydrogen) atoms. The van der Waals surface area contributed by atoms with Gasteiger partial charge in [-0.3, -0.25) is 4.79 Å². The van der Waals surface area contributed by atoms with Gasteiger partial charge in [-0.15, -0.1) is 0 Å². The fraction of sp³-hybridized carbons (Fsp3) is 0.588. The quantitative estimate of drug-likeness (QED) is 0.905. The Kier molecular flexibility index (Phi) is 4.44. The van der Waals surface area contributed by atoms with E-state index in [9.17, 15) is 9.90 Å². The lowest BCUT2D eigenvalue weighted by atomic mass is 10.1. The minimum Gasteiger partial charge on any atom is -0.490 e. The summed E-state index contributed by atoms with van der Waals surface area (Å²) in [6.45, 7) is 1.35. The first kappa shape index (κ1) is 14.4. The molecular formula is C17H23NO3. The summed E-state index contributed by atoms with van der Waals surface area (Å²) in [4.78, 5) is 13.7. The van der Waals surface area contributed by atoms with Crippen LogP contribution in [0.1, 0.15) is 37.7 Å². The smallest absolute Gasteiger partial charge is 0.223 e. The largest absolute Gasteiger partial charge is 0.490 e. The van der Waals surface area contributed by atoms with Gasteiger partial charge in [0.2, 0.25) is 5.91 Å². The molecule has 1 N–H and O–H groups in total. The lowest BCUT2D eigenvalue weighted by Gasteiger charge is -2.18. The van der Waals surface area contributed by atoms with Crippen LogP contribution in [0.15, 0.2) is 24.3 Å². The number of carbonyl (C=O) groups excluding carboxylic acids is 1. The maximum absolute atomic E-state index is 11.9. The Labute approximate surface area is 125 Å². The first-order valence-corrected chi connectivity index (χ1v) is 7.89. The molecule has 4 heteroatoms. The molecular weight excluding hydrogens is 266 g/mol. The number of benzene rings is 1. The van der Waals surface area contributed by atoms with Gasteiger partial charge in [0.05, 0.1) is 6.10 Å². The van der Waals surface area contributed by atoms with Crippen molar-refractivity contribution in [2.75, 3.05) is 13.2 Å². The first-order valence-electron chi connectivity index (χ1n) is 7.89. The number of rotatable bonds is 5. The van der Waals surface area contributed by atoms with Crippen LogP contribution in [0.5, 0.6) is 5.75 Å². The lowest BCUT2D eigenvalue weighted by Crippen LogP contribution is -2.25. The number of amides is 1. The van der Waals surface area contributed by atoms with Gasteiger partial charge in [0.1, 0.15) is 5.75 Å². The Hall–Kier alpha value is -1.55. The van der Waals surface area contributed by atoms with Gasteiger partial charge in [-0.05, 0) is 43.4 Å². The standard InChI is InChI=1S/C17H23NO3/c19-12-14-9-17(20)18(11-14)10-13-4-3-7-16(8-13)21-15-5-1-2-6-15/h3-4,7-8,14-15,19H,1-2,5-6,9-12H2. The molecule has 0 aromatic heterocycles. The number of hydrogen-bond donors (Lipinski definition) is 1. The van der Waals surface area contributed by atoms with E-state index in [0.29, 0.717) is 25.6 Å². The van der Waals surface area contributed by atoms with E-state index in [0.717, 1.165) is 24.2 Å². The van der Waals surface area contributed by atoms with E-state index in [1.807, 2.05) is 29.2 Å². The second-order valence-electron chi connectivity index (χ2n) is 6.20. The van der Waals surface area contributed by atoms with Crippen LogP contribution in [-0.2, 0) is 11.3 Å². The zero-order chi connectivity index (χ0) is 14.7. The van der Waals surface area contributed by atoms with Crippen LogP contribution in [0.2, 0.25) is 0 Å². The maximum Gasteiger partial charge on any atom is 0.223 e. The van der Waals surface area contributed by atoms with Crippen molar-refractivity contribution in [3.63, 3.8) is 0 Å². The van der Waals surface area contributed by atoms with E-state index in [-0.39, 0.29) is 18.4 Å². The minimum atomic E-state index is 0.0903. The zero-order valence-corrected chi connectivity index (χ0v) is 12.3. The highest BCUT2D eigenvalue weighted by Gasteiger charge is 2.28. The predicted molar refractivity (Wildman–Crippen MR) is 79.9 cm³/mol. The summed E-state index contributed by atoms with van der Waals surface area (Å²) in [6.07, 6.45) is 5.63. The van der Waals surface area contributed by atoms with Gasteiger partial charge < -0.3 is 14.7 Å². The van der Waals surface area contributed by atoms with Crippen molar-refractivity contribution in [3.8, 4) is 5.75 Å². The van der Waals surface area contributed by atoms with Gasteiger partial charge in [-0.2, -0.15) is 0 Å². The molecule has 0 bridgehead atoms. The second-order valence-corrected chi connectivity index (χ2v) is 6.20. The van der Waals surface area contributed by atoms with E-state index in [1.165, 1.54) is 12.8 Å². The van der Waals surface area contributed by atoms with E-state index in [2.05, 4.69) is 0 Å². The van der Waals surface area contributed by atoms with Gasteiger partial charge in [-0.25, -0.2) is 0 Å². The highest BCUT2D eigenvalue weighted by Crippen LogP contribution is 2.26. The van der Waals surface area contributed by atoms with Crippen LogP contribution < -0.4 is 4.74 Å². The van der Waals surface area contributed by atoms with E-state index in [4.69, 9.17) is 4.74 Å². The molecule has 1 atom stereocenters. The Morgan fingerprint density at radius 3 is 2.81 bits per heavy atom. The Morgan fingerprint density at radius 2 is 2.10 bits per heavy atom. The topological polar surface area (TPSA) is 49.8 Å². The highest BCUT2D eigenvalue weighted by molar-refractivity contribution is 5.78. The van der Waals surface area contributed by atoms with Gasteiger partial charge in [0.25, 0.3) is 0 Å². The molecule has 4 nitrogen and oxygen atoms in total. The SMILES string of the molecule is O=C1CC(CO)CN1Cc1cccc(OC2CCCC2)c1. The molecule has 3 rings (SSSR count). The molecule has 114 valence electrons. The fourth-order valence-corrected chi connectivity index (χ4v) is 3.27. The summed E-state index contributed by atoms with van der Waals surface area (Å²) < 4.78 is 6.01. The summed E-state index contributed by atoms with van der Waals surface area (Å²) in [5.41, 5.74) is 1.09. The second kappa shape index (κ2) is 6.48. The maximum atomic E-state index is 11.9. The molecule has 0 radical (unpaired) electrons. The van der Waals surface area contributed by atoms with Crippen LogP contribution in [-0.4, -0.2) is 35.2 Å².